The molecule has 0 saturated heterocycles. The number of aryl methyl sites for hydroxylation is 1. The van der Waals surface area contributed by atoms with Crippen molar-refractivity contribution >= 4 is 15.9 Å². The molecule has 1 atom stereocenters. The molecule has 0 radical (unpaired) electrons. The summed E-state index contributed by atoms with van der Waals surface area (Å²) >= 11 is 3.36. The minimum Gasteiger partial charge on any atom is -0.306 e. The lowest BCUT2D eigenvalue weighted by Crippen LogP contribution is -2.24. The van der Waals surface area contributed by atoms with Crippen molar-refractivity contribution in [3.05, 3.63) is 63.6 Å². The maximum Gasteiger partial charge on any atom is 0.137 e. The lowest BCUT2D eigenvalue weighted by atomic mass is 9.96. The monoisotopic (exact) mass is 336 g/mol. The molecular formula is C16H18BrFN2. The van der Waals surface area contributed by atoms with Crippen LogP contribution in [0.2, 0.25) is 0 Å². The third-order valence-corrected chi connectivity index (χ3v) is 4.12. The molecular weight excluding hydrogens is 319 g/mol. The summed E-state index contributed by atoms with van der Waals surface area (Å²) < 4.78 is 14.3. The lowest BCUT2D eigenvalue weighted by molar-refractivity contribution is 0.577. The van der Waals surface area contributed by atoms with Gasteiger partial charge in [-0.3, -0.25) is 4.98 Å². The average Bonchev–Trinajstić information content (AvgIpc) is 2.45. The van der Waals surface area contributed by atoms with E-state index in [1.54, 1.807) is 12.3 Å². The van der Waals surface area contributed by atoms with Crippen molar-refractivity contribution in [2.75, 3.05) is 6.54 Å². The van der Waals surface area contributed by atoms with E-state index in [0.717, 1.165) is 29.7 Å². The summed E-state index contributed by atoms with van der Waals surface area (Å²) in [6.45, 7) is 5.02. The molecule has 0 saturated carbocycles. The fourth-order valence-corrected chi connectivity index (χ4v) is 2.69. The number of pyridine rings is 1. The highest BCUT2D eigenvalue weighted by atomic mass is 79.9. The van der Waals surface area contributed by atoms with Crippen molar-refractivity contribution in [3.8, 4) is 0 Å². The van der Waals surface area contributed by atoms with Gasteiger partial charge in [0.25, 0.3) is 0 Å². The summed E-state index contributed by atoms with van der Waals surface area (Å²) in [6, 6.07) is 7.05. The number of halogens is 2. The Bertz CT molecular complexity index is 586. The van der Waals surface area contributed by atoms with Gasteiger partial charge in [-0.2, -0.15) is 0 Å². The average molecular weight is 337 g/mol. The van der Waals surface area contributed by atoms with Gasteiger partial charge in [-0.1, -0.05) is 19.1 Å². The molecule has 2 rings (SSSR count). The predicted molar refractivity (Wildman–Crippen MR) is 83.2 cm³/mol. The molecule has 0 aliphatic rings. The van der Waals surface area contributed by atoms with Gasteiger partial charge in [-0.25, -0.2) is 4.39 Å². The molecule has 1 unspecified atom stereocenters. The van der Waals surface area contributed by atoms with Crippen molar-refractivity contribution in [3.63, 3.8) is 0 Å². The quantitative estimate of drug-likeness (QED) is 0.876. The third-order valence-electron chi connectivity index (χ3n) is 3.28. The first-order chi connectivity index (χ1) is 9.65. The van der Waals surface area contributed by atoms with Crippen LogP contribution in [-0.2, 0) is 0 Å². The topological polar surface area (TPSA) is 24.9 Å². The van der Waals surface area contributed by atoms with Crippen LogP contribution in [-0.4, -0.2) is 11.5 Å². The Morgan fingerprint density at radius 3 is 2.80 bits per heavy atom. The number of benzene rings is 1. The minimum absolute atomic E-state index is 0.0614. The maximum absolute atomic E-state index is 13.8. The third kappa shape index (κ3) is 3.25. The number of hydrogen-bond acceptors (Lipinski definition) is 2. The molecule has 0 spiro atoms. The van der Waals surface area contributed by atoms with E-state index in [0.29, 0.717) is 4.47 Å². The molecule has 0 fully saturated rings. The molecule has 1 N–H and O–H groups in total. The van der Waals surface area contributed by atoms with E-state index in [2.05, 4.69) is 33.2 Å². The van der Waals surface area contributed by atoms with Gasteiger partial charge >= 0.3 is 0 Å². The predicted octanol–water partition coefficient (Wildman–Crippen LogP) is 4.38. The molecule has 0 amide bonds. The van der Waals surface area contributed by atoms with Crippen LogP contribution in [0.1, 0.15) is 36.1 Å². The number of nitrogens with one attached hydrogen (secondary N) is 1. The molecule has 20 heavy (non-hydrogen) atoms. The van der Waals surface area contributed by atoms with Crippen LogP contribution in [0.25, 0.3) is 0 Å². The SMILES string of the molecule is CCCNC(c1cnccc1C)c1cccc(F)c1Br. The van der Waals surface area contributed by atoms with Gasteiger partial charge in [0.05, 0.1) is 10.5 Å². The fourth-order valence-electron chi connectivity index (χ4n) is 2.20. The second kappa shape index (κ2) is 6.95. The van der Waals surface area contributed by atoms with E-state index < -0.39 is 0 Å². The first-order valence-electron chi connectivity index (χ1n) is 6.73. The first kappa shape index (κ1) is 15.1. The van der Waals surface area contributed by atoms with Gasteiger partial charge < -0.3 is 5.32 Å². The number of nitrogens with zero attached hydrogens (tertiary/aromatic N) is 1. The standard InChI is InChI=1S/C16H18BrFN2/c1-3-8-20-16(13-10-19-9-7-11(13)2)12-5-4-6-14(18)15(12)17/h4-7,9-10,16,20H,3,8H2,1-2H3. The Morgan fingerprint density at radius 2 is 2.10 bits per heavy atom. The molecule has 0 aliphatic carbocycles. The van der Waals surface area contributed by atoms with E-state index in [-0.39, 0.29) is 11.9 Å². The van der Waals surface area contributed by atoms with Crippen LogP contribution in [0.5, 0.6) is 0 Å². The Kier molecular flexibility index (Phi) is 5.26. The second-order valence-electron chi connectivity index (χ2n) is 4.76. The lowest BCUT2D eigenvalue weighted by Gasteiger charge is -2.22. The highest BCUT2D eigenvalue weighted by Gasteiger charge is 2.19. The highest BCUT2D eigenvalue weighted by molar-refractivity contribution is 9.10. The Balaban J connectivity index is 2.47. The number of rotatable bonds is 5. The van der Waals surface area contributed by atoms with Crippen LogP contribution in [0, 0.1) is 12.7 Å². The Hall–Kier alpha value is -1.26. The molecule has 1 aromatic heterocycles. The molecule has 0 aliphatic heterocycles. The Labute approximate surface area is 127 Å². The van der Waals surface area contributed by atoms with E-state index in [1.807, 2.05) is 25.3 Å². The highest BCUT2D eigenvalue weighted by Crippen LogP contribution is 2.31. The van der Waals surface area contributed by atoms with Crippen molar-refractivity contribution in [1.82, 2.24) is 10.3 Å². The Morgan fingerprint density at radius 1 is 1.30 bits per heavy atom. The van der Waals surface area contributed by atoms with Gasteiger partial charge in [0, 0.05) is 12.4 Å². The van der Waals surface area contributed by atoms with Crippen LogP contribution in [0.3, 0.4) is 0 Å². The normalized spacial score (nSPS) is 12.4. The fraction of sp³-hybridized carbons (Fsp3) is 0.312. The summed E-state index contributed by atoms with van der Waals surface area (Å²) in [6.07, 6.45) is 4.64. The van der Waals surface area contributed by atoms with Gasteiger partial charge in [-0.05, 0) is 64.6 Å². The molecule has 1 heterocycles. The van der Waals surface area contributed by atoms with Gasteiger partial charge in [-0.15, -0.1) is 0 Å². The zero-order valence-corrected chi connectivity index (χ0v) is 13.2. The maximum atomic E-state index is 13.8. The summed E-state index contributed by atoms with van der Waals surface area (Å²) in [7, 11) is 0. The van der Waals surface area contributed by atoms with Crippen LogP contribution >= 0.6 is 15.9 Å². The van der Waals surface area contributed by atoms with Crippen LogP contribution < -0.4 is 5.32 Å². The summed E-state index contributed by atoms with van der Waals surface area (Å²) in [5, 5.41) is 3.47. The molecule has 2 aromatic rings. The summed E-state index contributed by atoms with van der Waals surface area (Å²) in [5.41, 5.74) is 3.12. The van der Waals surface area contributed by atoms with Crippen LogP contribution in [0.15, 0.2) is 41.1 Å². The molecule has 2 nitrogen and oxygen atoms in total. The van der Waals surface area contributed by atoms with E-state index >= 15 is 0 Å². The molecule has 0 bridgehead atoms. The summed E-state index contributed by atoms with van der Waals surface area (Å²) in [5.74, 6) is -0.243. The zero-order chi connectivity index (χ0) is 14.5. The molecule has 4 heteroatoms. The van der Waals surface area contributed by atoms with Crippen LogP contribution in [0.4, 0.5) is 4.39 Å². The summed E-state index contributed by atoms with van der Waals surface area (Å²) in [4.78, 5) is 4.20. The van der Waals surface area contributed by atoms with E-state index in [9.17, 15) is 4.39 Å². The number of hydrogen-bond donors (Lipinski definition) is 1. The van der Waals surface area contributed by atoms with E-state index in [4.69, 9.17) is 0 Å². The number of aromatic nitrogens is 1. The smallest absolute Gasteiger partial charge is 0.137 e. The van der Waals surface area contributed by atoms with Crippen molar-refractivity contribution in [2.45, 2.75) is 26.3 Å². The van der Waals surface area contributed by atoms with Crippen molar-refractivity contribution in [2.24, 2.45) is 0 Å². The van der Waals surface area contributed by atoms with Crippen molar-refractivity contribution in [1.29, 1.82) is 0 Å². The molecule has 1 aromatic carbocycles. The van der Waals surface area contributed by atoms with Gasteiger partial charge in [0.2, 0.25) is 0 Å². The second-order valence-corrected chi connectivity index (χ2v) is 5.56. The van der Waals surface area contributed by atoms with Gasteiger partial charge in [0.15, 0.2) is 0 Å². The van der Waals surface area contributed by atoms with E-state index in [1.165, 1.54) is 6.07 Å². The minimum atomic E-state index is -0.243. The van der Waals surface area contributed by atoms with Crippen molar-refractivity contribution < 1.29 is 4.39 Å². The molecule has 106 valence electrons. The van der Waals surface area contributed by atoms with Gasteiger partial charge in [0.1, 0.15) is 5.82 Å². The zero-order valence-electron chi connectivity index (χ0n) is 11.7. The largest absolute Gasteiger partial charge is 0.306 e. The first-order valence-corrected chi connectivity index (χ1v) is 7.52.